The van der Waals surface area contributed by atoms with Crippen LogP contribution >= 0.6 is 0 Å². The minimum Gasteiger partial charge on any atom is -0.493 e. The quantitative estimate of drug-likeness (QED) is 0.690. The lowest BCUT2D eigenvalue weighted by Crippen LogP contribution is -1.96. The van der Waals surface area contributed by atoms with E-state index in [1.165, 1.54) is 6.07 Å². The summed E-state index contributed by atoms with van der Waals surface area (Å²) in [4.78, 5) is 0. The first-order valence-electron chi connectivity index (χ1n) is 4.51. The highest BCUT2D eigenvalue weighted by Crippen LogP contribution is 2.33. The van der Waals surface area contributed by atoms with Crippen LogP contribution in [0.15, 0.2) is 12.1 Å². The molecule has 12 heavy (non-hydrogen) atoms. The predicted octanol–water partition coefficient (Wildman–Crippen LogP) is 1.80. The van der Waals surface area contributed by atoms with Crippen LogP contribution in [0.3, 0.4) is 0 Å². The van der Waals surface area contributed by atoms with Crippen molar-refractivity contribution in [3.05, 3.63) is 23.5 Å². The van der Waals surface area contributed by atoms with Gasteiger partial charge in [-0.05, 0) is 12.1 Å². The van der Waals surface area contributed by atoms with Crippen molar-refractivity contribution in [2.45, 2.75) is 6.42 Å². The molecule has 0 saturated heterocycles. The molecule has 2 rings (SSSR count). The number of halogens is 1. The molecule has 1 aliphatic heterocycles. The molecule has 3 heteroatoms. The Bertz CT molecular complexity index is 330. The van der Waals surface area contributed by atoms with Crippen molar-refractivity contribution in [2.75, 3.05) is 18.9 Å². The first-order valence-corrected chi connectivity index (χ1v) is 3.80. The van der Waals surface area contributed by atoms with Crippen molar-refractivity contribution in [3.63, 3.8) is 0 Å². The van der Waals surface area contributed by atoms with Gasteiger partial charge in [-0.3, -0.25) is 0 Å². The van der Waals surface area contributed by atoms with Crippen LogP contribution in [-0.2, 0) is 6.42 Å². The summed E-state index contributed by atoms with van der Waals surface area (Å²) in [5, 5.41) is 2.69. The number of benzene rings is 1. The van der Waals surface area contributed by atoms with Gasteiger partial charge in [-0.15, -0.1) is 0 Å². The molecule has 1 N–H and O–H groups in total. The minimum absolute atomic E-state index is 0.0205. The van der Waals surface area contributed by atoms with Crippen LogP contribution in [0.5, 0.6) is 5.75 Å². The van der Waals surface area contributed by atoms with E-state index in [0.717, 1.165) is 17.7 Å². The highest BCUT2D eigenvalue weighted by molar-refractivity contribution is 5.59. The van der Waals surface area contributed by atoms with E-state index in [0.29, 0.717) is 12.3 Å². The van der Waals surface area contributed by atoms with Crippen LogP contribution in [-0.4, -0.2) is 13.6 Å². The van der Waals surface area contributed by atoms with Gasteiger partial charge in [0.05, 0.1) is 12.3 Å². The molecule has 0 atom stereocenters. The van der Waals surface area contributed by atoms with Crippen LogP contribution in [0.1, 0.15) is 6.93 Å². The fraction of sp³-hybridized carbons (Fsp3) is 0.333. The molecule has 0 aromatic heterocycles. The molecule has 1 aliphatic rings. The maximum Gasteiger partial charge on any atom is 0.146 e. The Morgan fingerprint density at radius 3 is 3.42 bits per heavy atom. The molecule has 64 valence electrons. The number of rotatable bonds is 1. The second-order valence-electron chi connectivity index (χ2n) is 2.67. The highest BCUT2D eigenvalue weighted by atomic mass is 19.1. The molecule has 1 aromatic rings. The highest BCUT2D eigenvalue weighted by Gasteiger charge is 2.18. The number of hydrogen-bond acceptors (Lipinski definition) is 2. The maximum atomic E-state index is 13.2. The molecular weight excluding hydrogens is 157 g/mol. The lowest BCUT2D eigenvalue weighted by Gasteiger charge is -2.06. The monoisotopic (exact) mass is 168 g/mol. The molecular formula is C9H10FNO. The molecule has 0 saturated carbocycles. The zero-order valence-corrected chi connectivity index (χ0v) is 6.56. The largest absolute Gasteiger partial charge is 0.493 e. The Balaban J connectivity index is 2.45. The Morgan fingerprint density at radius 2 is 2.58 bits per heavy atom. The van der Waals surface area contributed by atoms with E-state index in [9.17, 15) is 4.39 Å². The summed E-state index contributed by atoms with van der Waals surface area (Å²) >= 11 is 0. The molecule has 1 heterocycles. The number of ether oxygens (including phenoxy) is 1. The van der Waals surface area contributed by atoms with Crippen molar-refractivity contribution >= 4 is 5.69 Å². The Morgan fingerprint density at radius 1 is 1.67 bits per heavy atom. The normalized spacial score (nSPS) is 14.9. The lowest BCUT2D eigenvalue weighted by molar-refractivity contribution is 0.356. The fourth-order valence-electron chi connectivity index (χ4n) is 1.44. The summed E-state index contributed by atoms with van der Waals surface area (Å²) < 4.78 is 25.5. The lowest BCUT2D eigenvalue weighted by atomic mass is 10.1. The van der Waals surface area contributed by atoms with Gasteiger partial charge < -0.3 is 10.1 Å². The van der Waals surface area contributed by atoms with Crippen LogP contribution in [0.2, 0.25) is 0 Å². The average molecular weight is 168 g/mol. The van der Waals surface area contributed by atoms with Gasteiger partial charge >= 0.3 is 0 Å². The van der Waals surface area contributed by atoms with Gasteiger partial charge in [0.25, 0.3) is 0 Å². The Labute approximate surface area is 71.8 Å². The van der Waals surface area contributed by atoms with E-state index < -0.39 is 0 Å². The predicted molar refractivity (Wildman–Crippen MR) is 45.1 cm³/mol. The molecule has 1 aromatic carbocycles. The zero-order chi connectivity index (χ0) is 9.26. The van der Waals surface area contributed by atoms with Crippen LogP contribution < -0.4 is 10.1 Å². The average Bonchev–Trinajstić information content (AvgIpc) is 2.58. The van der Waals surface area contributed by atoms with Crippen molar-refractivity contribution < 1.29 is 10.5 Å². The molecule has 0 unspecified atom stereocenters. The van der Waals surface area contributed by atoms with E-state index in [2.05, 4.69) is 5.32 Å². The zero-order valence-electron chi connectivity index (χ0n) is 7.56. The number of hydrogen-bond donors (Lipinski definition) is 1. The SMILES string of the molecule is [2H]CNc1c(F)ccc2c1CCO2. The molecule has 0 spiro atoms. The van der Waals surface area contributed by atoms with E-state index in [1.807, 2.05) is 0 Å². The van der Waals surface area contributed by atoms with Gasteiger partial charge in [-0.25, -0.2) is 4.39 Å². The second-order valence-corrected chi connectivity index (χ2v) is 2.67. The molecule has 0 amide bonds. The standard InChI is InChI=1S/C9H10FNO/c1-11-9-6-4-5-12-8(6)3-2-7(9)10/h2-3,11H,4-5H2,1H3/i1D. The summed E-state index contributed by atoms with van der Waals surface area (Å²) in [5.74, 6) is 0.425. The summed E-state index contributed by atoms with van der Waals surface area (Å²) in [6.07, 6.45) is 0.718. The third-order valence-corrected chi connectivity index (χ3v) is 2.01. The first kappa shape index (κ1) is 6.29. The second kappa shape index (κ2) is 2.66. The number of nitrogens with one attached hydrogen (secondary N) is 1. The third kappa shape index (κ3) is 0.932. The van der Waals surface area contributed by atoms with Crippen LogP contribution in [0.4, 0.5) is 10.1 Å². The van der Waals surface area contributed by atoms with Crippen LogP contribution in [0, 0.1) is 5.82 Å². The Kier molecular flexibility index (Phi) is 1.39. The van der Waals surface area contributed by atoms with Gasteiger partial charge in [0.1, 0.15) is 11.6 Å². The molecule has 0 radical (unpaired) electrons. The number of fused-ring (bicyclic) bond motifs is 1. The topological polar surface area (TPSA) is 21.3 Å². The minimum atomic E-state index is -0.309. The van der Waals surface area contributed by atoms with Crippen molar-refractivity contribution in [2.24, 2.45) is 0 Å². The summed E-state index contributed by atoms with van der Waals surface area (Å²) in [7, 11) is -0.0205. The van der Waals surface area contributed by atoms with Crippen molar-refractivity contribution in [3.8, 4) is 5.75 Å². The maximum absolute atomic E-state index is 13.2. The van der Waals surface area contributed by atoms with Gasteiger partial charge in [0.2, 0.25) is 0 Å². The van der Waals surface area contributed by atoms with Crippen LogP contribution in [0.25, 0.3) is 0 Å². The van der Waals surface area contributed by atoms with Gasteiger partial charge in [0.15, 0.2) is 0 Å². The molecule has 0 fully saturated rings. The van der Waals surface area contributed by atoms with Gasteiger partial charge in [-0.2, -0.15) is 0 Å². The van der Waals surface area contributed by atoms with E-state index in [-0.39, 0.29) is 12.8 Å². The van der Waals surface area contributed by atoms with Gasteiger partial charge in [-0.1, -0.05) is 0 Å². The first-order chi connectivity index (χ1) is 6.33. The van der Waals surface area contributed by atoms with E-state index >= 15 is 0 Å². The summed E-state index contributed by atoms with van der Waals surface area (Å²) in [6.45, 7) is 0.603. The molecule has 0 aliphatic carbocycles. The molecule has 2 nitrogen and oxygen atoms in total. The smallest absolute Gasteiger partial charge is 0.146 e. The third-order valence-electron chi connectivity index (χ3n) is 2.01. The van der Waals surface area contributed by atoms with E-state index in [4.69, 9.17) is 6.11 Å². The fourth-order valence-corrected chi connectivity index (χ4v) is 1.44. The Hall–Kier alpha value is -1.25. The van der Waals surface area contributed by atoms with Crippen molar-refractivity contribution in [1.82, 2.24) is 0 Å². The summed E-state index contributed by atoms with van der Waals surface area (Å²) in [5.41, 5.74) is 1.28. The van der Waals surface area contributed by atoms with Crippen molar-refractivity contribution in [1.29, 1.82) is 0 Å². The molecule has 0 bridgehead atoms. The van der Waals surface area contributed by atoms with Gasteiger partial charge in [0, 0.05) is 20.4 Å². The number of anilines is 1. The van der Waals surface area contributed by atoms with E-state index in [1.54, 1.807) is 6.07 Å². The summed E-state index contributed by atoms with van der Waals surface area (Å²) in [6, 6.07) is 2.99.